The highest BCUT2D eigenvalue weighted by atomic mass is 16.7. The molecule has 1 unspecified atom stereocenters. The molecule has 0 fully saturated rings. The van der Waals surface area contributed by atoms with Crippen molar-refractivity contribution in [1.82, 2.24) is 0 Å². The highest BCUT2D eigenvalue weighted by molar-refractivity contribution is 5.72. The van der Waals surface area contributed by atoms with Crippen LogP contribution in [-0.4, -0.2) is 23.4 Å². The third kappa shape index (κ3) is 6.50. The van der Waals surface area contributed by atoms with Crippen molar-refractivity contribution in [1.29, 1.82) is 0 Å². The Kier molecular flexibility index (Phi) is 7.42. The van der Waals surface area contributed by atoms with E-state index in [2.05, 4.69) is 0 Å². The maximum absolute atomic E-state index is 10.9. The molecule has 2 aromatic rings. The molecule has 0 amide bonds. The van der Waals surface area contributed by atoms with Crippen LogP contribution in [0.1, 0.15) is 24.0 Å². The van der Waals surface area contributed by atoms with Crippen molar-refractivity contribution in [2.24, 2.45) is 5.73 Å². The molecule has 2 aromatic carbocycles. The Morgan fingerprint density at radius 3 is 1.75 bits per heavy atom. The van der Waals surface area contributed by atoms with Crippen LogP contribution in [0, 0.1) is 0 Å². The van der Waals surface area contributed by atoms with Gasteiger partial charge in [-0.15, -0.1) is 0 Å². The highest BCUT2D eigenvalue weighted by Crippen LogP contribution is 2.13. The van der Waals surface area contributed by atoms with E-state index in [0.717, 1.165) is 11.1 Å². The standard InChI is InChI=1S/C19H23NO4/c20-17(19(21)22)11-12-18(23-13-15-7-3-1-4-8-15)24-14-16-9-5-2-6-10-16/h1-10,17-18H,11-14,20H2,(H,21,22). The molecule has 0 aliphatic rings. The predicted molar refractivity (Wildman–Crippen MR) is 91.1 cm³/mol. The molecule has 128 valence electrons. The van der Waals surface area contributed by atoms with Crippen LogP contribution < -0.4 is 5.73 Å². The minimum Gasteiger partial charge on any atom is -0.480 e. The Morgan fingerprint density at radius 1 is 0.875 bits per heavy atom. The summed E-state index contributed by atoms with van der Waals surface area (Å²) in [7, 11) is 0. The Balaban J connectivity index is 1.88. The van der Waals surface area contributed by atoms with Gasteiger partial charge in [0.2, 0.25) is 0 Å². The molecule has 0 heterocycles. The van der Waals surface area contributed by atoms with Gasteiger partial charge in [0, 0.05) is 6.42 Å². The van der Waals surface area contributed by atoms with E-state index >= 15 is 0 Å². The predicted octanol–water partition coefficient (Wildman–Crippen LogP) is 2.94. The van der Waals surface area contributed by atoms with E-state index in [1.807, 2.05) is 60.7 Å². The molecule has 0 aromatic heterocycles. The summed E-state index contributed by atoms with van der Waals surface area (Å²) in [4.78, 5) is 10.9. The molecule has 24 heavy (non-hydrogen) atoms. The number of carboxylic acid groups (broad SMARTS) is 1. The van der Waals surface area contributed by atoms with Gasteiger partial charge in [-0.25, -0.2) is 0 Å². The fourth-order valence-corrected chi connectivity index (χ4v) is 2.18. The molecule has 0 bridgehead atoms. The number of carboxylic acids is 1. The largest absolute Gasteiger partial charge is 0.480 e. The van der Waals surface area contributed by atoms with Crippen molar-refractivity contribution in [2.75, 3.05) is 0 Å². The first-order valence-electron chi connectivity index (χ1n) is 7.94. The monoisotopic (exact) mass is 329 g/mol. The quantitative estimate of drug-likeness (QED) is 0.655. The van der Waals surface area contributed by atoms with E-state index in [1.54, 1.807) is 0 Å². The van der Waals surface area contributed by atoms with Crippen LogP contribution in [0.4, 0.5) is 0 Å². The van der Waals surface area contributed by atoms with Crippen molar-refractivity contribution in [3.8, 4) is 0 Å². The zero-order chi connectivity index (χ0) is 17.2. The average molecular weight is 329 g/mol. The summed E-state index contributed by atoms with van der Waals surface area (Å²) in [5, 5.41) is 8.90. The fourth-order valence-electron chi connectivity index (χ4n) is 2.18. The van der Waals surface area contributed by atoms with Gasteiger partial charge in [0.15, 0.2) is 6.29 Å². The minimum absolute atomic E-state index is 0.295. The lowest BCUT2D eigenvalue weighted by Crippen LogP contribution is -2.32. The van der Waals surface area contributed by atoms with Crippen molar-refractivity contribution in [2.45, 2.75) is 38.4 Å². The smallest absolute Gasteiger partial charge is 0.320 e. The number of ether oxygens (including phenoxy) is 2. The van der Waals surface area contributed by atoms with E-state index in [4.69, 9.17) is 20.3 Å². The SMILES string of the molecule is NC(CCC(OCc1ccccc1)OCc1ccccc1)C(=O)O. The van der Waals surface area contributed by atoms with Crippen LogP contribution in [0.5, 0.6) is 0 Å². The van der Waals surface area contributed by atoms with E-state index in [1.165, 1.54) is 0 Å². The first-order chi connectivity index (χ1) is 11.6. The summed E-state index contributed by atoms with van der Waals surface area (Å²) in [5.41, 5.74) is 7.64. The molecule has 0 radical (unpaired) electrons. The number of nitrogens with two attached hydrogens (primary N) is 1. The number of aliphatic carboxylic acids is 1. The van der Waals surface area contributed by atoms with Crippen molar-refractivity contribution >= 4 is 5.97 Å². The second kappa shape index (κ2) is 9.82. The van der Waals surface area contributed by atoms with Crippen molar-refractivity contribution in [3.05, 3.63) is 71.8 Å². The van der Waals surface area contributed by atoms with Gasteiger partial charge < -0.3 is 20.3 Å². The van der Waals surface area contributed by atoms with Crippen molar-refractivity contribution < 1.29 is 19.4 Å². The van der Waals surface area contributed by atoms with Crippen LogP contribution >= 0.6 is 0 Å². The number of hydrogen-bond acceptors (Lipinski definition) is 4. The molecule has 0 aliphatic heterocycles. The summed E-state index contributed by atoms with van der Waals surface area (Å²) < 4.78 is 11.6. The number of carbonyl (C=O) groups is 1. The van der Waals surface area contributed by atoms with Crippen LogP contribution in [0.3, 0.4) is 0 Å². The maximum Gasteiger partial charge on any atom is 0.320 e. The summed E-state index contributed by atoms with van der Waals surface area (Å²) >= 11 is 0. The Hall–Kier alpha value is -2.21. The van der Waals surface area contributed by atoms with Crippen LogP contribution in [0.15, 0.2) is 60.7 Å². The molecule has 5 heteroatoms. The molecule has 3 N–H and O–H groups in total. The average Bonchev–Trinajstić information content (AvgIpc) is 2.62. The van der Waals surface area contributed by atoms with E-state index in [9.17, 15) is 4.79 Å². The molecule has 5 nitrogen and oxygen atoms in total. The number of rotatable bonds is 10. The Morgan fingerprint density at radius 2 is 1.33 bits per heavy atom. The van der Waals surface area contributed by atoms with Gasteiger partial charge in [0.1, 0.15) is 6.04 Å². The first-order valence-corrected chi connectivity index (χ1v) is 7.94. The lowest BCUT2D eigenvalue weighted by molar-refractivity contribution is -0.162. The zero-order valence-electron chi connectivity index (χ0n) is 13.5. The Bertz CT molecular complexity index is 560. The van der Waals surface area contributed by atoms with E-state index in [-0.39, 0.29) is 0 Å². The molecule has 0 spiro atoms. The van der Waals surface area contributed by atoms with Gasteiger partial charge in [0.25, 0.3) is 0 Å². The maximum atomic E-state index is 10.9. The fraction of sp³-hybridized carbons (Fsp3) is 0.316. The molecule has 0 saturated heterocycles. The van der Waals surface area contributed by atoms with Crippen molar-refractivity contribution in [3.63, 3.8) is 0 Å². The van der Waals surface area contributed by atoms with Crippen LogP contribution in [0.25, 0.3) is 0 Å². The number of hydrogen-bond donors (Lipinski definition) is 2. The van der Waals surface area contributed by atoms with E-state index < -0.39 is 18.3 Å². The van der Waals surface area contributed by atoms with Gasteiger partial charge in [-0.05, 0) is 17.5 Å². The van der Waals surface area contributed by atoms with Gasteiger partial charge >= 0.3 is 5.97 Å². The van der Waals surface area contributed by atoms with E-state index in [0.29, 0.717) is 26.1 Å². The highest BCUT2D eigenvalue weighted by Gasteiger charge is 2.17. The summed E-state index contributed by atoms with van der Waals surface area (Å²) in [6.45, 7) is 0.811. The summed E-state index contributed by atoms with van der Waals surface area (Å²) in [6.07, 6.45) is 0.215. The molecular formula is C19H23NO4. The first kappa shape index (κ1) is 18.1. The lowest BCUT2D eigenvalue weighted by atomic mass is 10.1. The van der Waals surface area contributed by atoms with Crippen LogP contribution in [0.2, 0.25) is 0 Å². The second-order valence-corrected chi connectivity index (χ2v) is 5.54. The molecule has 0 aliphatic carbocycles. The normalized spacial score (nSPS) is 12.2. The topological polar surface area (TPSA) is 81.8 Å². The molecule has 0 saturated carbocycles. The third-order valence-electron chi connectivity index (χ3n) is 3.59. The second-order valence-electron chi connectivity index (χ2n) is 5.54. The van der Waals surface area contributed by atoms with Crippen LogP contribution in [-0.2, 0) is 27.5 Å². The van der Waals surface area contributed by atoms with Gasteiger partial charge in [-0.1, -0.05) is 60.7 Å². The van der Waals surface area contributed by atoms with Gasteiger partial charge in [0.05, 0.1) is 13.2 Å². The minimum atomic E-state index is -1.01. The number of benzene rings is 2. The lowest BCUT2D eigenvalue weighted by Gasteiger charge is -2.20. The Labute approximate surface area is 142 Å². The summed E-state index contributed by atoms with van der Waals surface area (Å²) in [6, 6.07) is 18.6. The third-order valence-corrected chi connectivity index (χ3v) is 3.59. The zero-order valence-corrected chi connectivity index (χ0v) is 13.5. The molecule has 1 atom stereocenters. The van der Waals surface area contributed by atoms with Gasteiger partial charge in [-0.2, -0.15) is 0 Å². The summed E-state index contributed by atoms with van der Waals surface area (Å²) in [5.74, 6) is -1.01. The van der Waals surface area contributed by atoms with Gasteiger partial charge in [-0.3, -0.25) is 4.79 Å². The molecular weight excluding hydrogens is 306 g/mol. The molecule has 2 rings (SSSR count).